The molecule has 0 saturated heterocycles. The predicted octanol–water partition coefficient (Wildman–Crippen LogP) is 19.0. The van der Waals surface area contributed by atoms with Crippen molar-refractivity contribution in [1.29, 1.82) is 0 Å². The molecule has 2 aromatic rings. The number of rotatable bonds is 36. The van der Waals surface area contributed by atoms with Crippen molar-refractivity contribution in [2.45, 2.75) is 285 Å². The van der Waals surface area contributed by atoms with Crippen molar-refractivity contribution in [2.24, 2.45) is 0 Å². The maximum Gasteiger partial charge on any atom is 0.00954 e. The molecule has 1 aliphatic carbocycles. The van der Waals surface area contributed by atoms with E-state index in [4.69, 9.17) is 0 Å². The monoisotopic (exact) mass is 769 g/mol. The highest BCUT2D eigenvalue weighted by atomic mass is 14.4. The average molecular weight is 769 g/mol. The van der Waals surface area contributed by atoms with Crippen LogP contribution in [0.3, 0.4) is 0 Å². The molecule has 0 atom stereocenters. The molecule has 2 aromatic carbocycles. The van der Waals surface area contributed by atoms with Crippen molar-refractivity contribution in [3.05, 3.63) is 68.8 Å². The quantitative estimate of drug-likeness (QED) is 0.0606. The van der Waals surface area contributed by atoms with E-state index in [0.29, 0.717) is 11.8 Å². The van der Waals surface area contributed by atoms with Gasteiger partial charge in [0, 0.05) is 11.8 Å². The SMILES string of the molecule is CCCCCCCc1cc2c(cc1CCCCCCC)C(CCCCCCC)c1cc(CCCCCCC)c(CCCCCCC)cc1C2CCCCCCC. The minimum absolute atomic E-state index is 0.577. The molecule has 0 N–H and O–H groups in total. The Labute approximate surface area is 352 Å². The third-order valence-electron chi connectivity index (χ3n) is 13.7. The van der Waals surface area contributed by atoms with Crippen molar-refractivity contribution in [3.63, 3.8) is 0 Å². The van der Waals surface area contributed by atoms with Gasteiger partial charge in [0.25, 0.3) is 0 Å². The van der Waals surface area contributed by atoms with Crippen molar-refractivity contribution in [3.8, 4) is 0 Å². The number of hydrogen-bond donors (Lipinski definition) is 0. The van der Waals surface area contributed by atoms with E-state index in [0.717, 1.165) is 0 Å². The molecule has 0 bridgehead atoms. The van der Waals surface area contributed by atoms with Crippen LogP contribution >= 0.6 is 0 Å². The lowest BCUT2D eigenvalue weighted by Crippen LogP contribution is -2.21. The van der Waals surface area contributed by atoms with Crippen LogP contribution in [0.2, 0.25) is 0 Å². The van der Waals surface area contributed by atoms with Gasteiger partial charge in [0.05, 0.1) is 0 Å². The molecule has 0 heterocycles. The lowest BCUT2D eigenvalue weighted by atomic mass is 9.67. The number of aryl methyl sites for hydroxylation is 4. The first-order chi connectivity index (χ1) is 27.6. The van der Waals surface area contributed by atoms with Gasteiger partial charge in [-0.2, -0.15) is 0 Å². The van der Waals surface area contributed by atoms with E-state index in [1.54, 1.807) is 44.5 Å². The summed E-state index contributed by atoms with van der Waals surface area (Å²) in [6, 6.07) is 11.4. The summed E-state index contributed by atoms with van der Waals surface area (Å²) >= 11 is 0. The molecular weight excluding hydrogens is 673 g/mol. The van der Waals surface area contributed by atoms with Gasteiger partial charge >= 0.3 is 0 Å². The third-order valence-corrected chi connectivity index (χ3v) is 13.7. The van der Waals surface area contributed by atoms with Crippen molar-refractivity contribution in [1.82, 2.24) is 0 Å². The van der Waals surface area contributed by atoms with E-state index < -0.39 is 0 Å². The van der Waals surface area contributed by atoms with Gasteiger partial charge in [0.15, 0.2) is 0 Å². The van der Waals surface area contributed by atoms with Crippen LogP contribution in [0, 0.1) is 0 Å². The number of unbranched alkanes of at least 4 members (excludes halogenated alkanes) is 24. The Morgan fingerprint density at radius 3 is 0.661 bits per heavy atom. The lowest BCUT2D eigenvalue weighted by Gasteiger charge is -2.37. The summed E-state index contributed by atoms with van der Waals surface area (Å²) in [7, 11) is 0. The normalized spacial score (nSPS) is 15.0. The molecule has 0 heteroatoms. The summed E-state index contributed by atoms with van der Waals surface area (Å²) in [6.07, 6.45) is 49.3. The second kappa shape index (κ2) is 31.4. The molecule has 0 nitrogen and oxygen atoms in total. The van der Waals surface area contributed by atoms with Crippen molar-refractivity contribution in [2.75, 3.05) is 0 Å². The van der Waals surface area contributed by atoms with Gasteiger partial charge in [-0.15, -0.1) is 0 Å². The molecule has 0 saturated carbocycles. The fourth-order valence-corrected chi connectivity index (χ4v) is 10.1. The van der Waals surface area contributed by atoms with Gasteiger partial charge in [-0.25, -0.2) is 0 Å². The molecule has 1 aliphatic rings. The zero-order valence-corrected chi connectivity index (χ0v) is 38.9. The van der Waals surface area contributed by atoms with Gasteiger partial charge in [-0.05, 0) is 109 Å². The first-order valence-electron chi connectivity index (χ1n) is 25.9. The smallest absolute Gasteiger partial charge is 0.00954 e. The molecule has 56 heavy (non-hydrogen) atoms. The molecule has 320 valence electrons. The summed E-state index contributed by atoms with van der Waals surface area (Å²) in [6.45, 7) is 14.2. The Bertz CT molecular complexity index is 1070. The summed E-state index contributed by atoms with van der Waals surface area (Å²) in [4.78, 5) is 0. The molecule has 0 aromatic heterocycles. The molecule has 0 unspecified atom stereocenters. The van der Waals surface area contributed by atoms with E-state index in [-0.39, 0.29) is 0 Å². The van der Waals surface area contributed by atoms with Crippen LogP contribution in [0.5, 0.6) is 0 Å². The Hall–Kier alpha value is -1.56. The van der Waals surface area contributed by atoms with Crippen molar-refractivity contribution >= 4 is 0 Å². The summed E-state index contributed by atoms with van der Waals surface area (Å²) < 4.78 is 0. The molecular formula is C56H96. The van der Waals surface area contributed by atoms with Crippen LogP contribution in [0.1, 0.15) is 303 Å². The molecule has 0 aliphatic heterocycles. The standard InChI is InChI=1S/C56H96/c1-7-13-19-25-31-37-47-43-53-51(41-35-29-23-17-11-5)55-45-49(39-33-27-21-15-9-3)50(40-34-28-22-16-10-4)46-56(55)52(42-36-30-24-18-12-6)54(53)44-48(47)38-32-26-20-14-8-2/h43-46,51-52H,7-42H2,1-6H3. The maximum absolute atomic E-state index is 2.85. The van der Waals surface area contributed by atoms with E-state index in [1.165, 1.54) is 231 Å². The topological polar surface area (TPSA) is 0 Å². The van der Waals surface area contributed by atoms with E-state index in [2.05, 4.69) is 65.8 Å². The van der Waals surface area contributed by atoms with Gasteiger partial charge in [0.1, 0.15) is 0 Å². The fraction of sp³-hybridized carbons (Fsp3) is 0.786. The Kier molecular flexibility index (Phi) is 27.3. The molecule has 0 fully saturated rings. The second-order valence-corrected chi connectivity index (χ2v) is 18.7. The highest BCUT2D eigenvalue weighted by Gasteiger charge is 2.34. The highest BCUT2D eigenvalue weighted by Crippen LogP contribution is 2.49. The van der Waals surface area contributed by atoms with Crippen LogP contribution in [0.4, 0.5) is 0 Å². The van der Waals surface area contributed by atoms with Gasteiger partial charge in [-0.1, -0.05) is 233 Å². The third kappa shape index (κ3) is 17.7. The van der Waals surface area contributed by atoms with E-state index in [1.807, 2.05) is 0 Å². The van der Waals surface area contributed by atoms with Crippen molar-refractivity contribution < 1.29 is 0 Å². The molecule has 3 rings (SSSR count). The van der Waals surface area contributed by atoms with Gasteiger partial charge < -0.3 is 0 Å². The summed E-state index contributed by atoms with van der Waals surface area (Å²) in [5, 5.41) is 0. The fourth-order valence-electron chi connectivity index (χ4n) is 10.1. The van der Waals surface area contributed by atoms with E-state index in [9.17, 15) is 0 Å². The Morgan fingerprint density at radius 2 is 0.446 bits per heavy atom. The minimum atomic E-state index is 0.577. The Balaban J connectivity index is 2.14. The van der Waals surface area contributed by atoms with Gasteiger partial charge in [0.2, 0.25) is 0 Å². The summed E-state index contributed by atoms with van der Waals surface area (Å²) in [5.41, 5.74) is 14.0. The van der Waals surface area contributed by atoms with Crippen LogP contribution in [0.25, 0.3) is 0 Å². The first kappa shape index (κ1) is 48.8. The number of fused-ring (bicyclic) bond motifs is 2. The van der Waals surface area contributed by atoms with Crippen LogP contribution in [-0.2, 0) is 25.7 Å². The average Bonchev–Trinajstić information content (AvgIpc) is 3.21. The highest BCUT2D eigenvalue weighted by molar-refractivity contribution is 5.57. The van der Waals surface area contributed by atoms with Crippen LogP contribution in [-0.4, -0.2) is 0 Å². The van der Waals surface area contributed by atoms with Crippen LogP contribution < -0.4 is 0 Å². The minimum Gasteiger partial charge on any atom is -0.0654 e. The second-order valence-electron chi connectivity index (χ2n) is 18.7. The largest absolute Gasteiger partial charge is 0.0654 e. The summed E-state index contributed by atoms with van der Waals surface area (Å²) in [5.74, 6) is 1.15. The van der Waals surface area contributed by atoms with E-state index >= 15 is 0 Å². The molecule has 0 spiro atoms. The first-order valence-corrected chi connectivity index (χ1v) is 25.9. The zero-order chi connectivity index (χ0) is 40.1. The maximum atomic E-state index is 2.85. The van der Waals surface area contributed by atoms with Gasteiger partial charge in [-0.3, -0.25) is 0 Å². The number of benzene rings is 2. The number of hydrogen-bond acceptors (Lipinski definition) is 0. The Morgan fingerprint density at radius 1 is 0.250 bits per heavy atom. The molecule has 0 amide bonds. The predicted molar refractivity (Wildman–Crippen MR) is 253 cm³/mol. The zero-order valence-electron chi connectivity index (χ0n) is 38.9. The molecule has 0 radical (unpaired) electrons. The van der Waals surface area contributed by atoms with Crippen LogP contribution in [0.15, 0.2) is 24.3 Å². The lowest BCUT2D eigenvalue weighted by molar-refractivity contribution is 0.539.